The molecule has 0 unspecified atom stereocenters. The lowest BCUT2D eigenvalue weighted by Crippen LogP contribution is -2.08. The molecule has 0 N–H and O–H groups in total. The van der Waals surface area contributed by atoms with Crippen LogP contribution in [0.1, 0.15) is 25.8 Å². The van der Waals surface area contributed by atoms with Gasteiger partial charge < -0.3 is 14.3 Å². The van der Waals surface area contributed by atoms with Crippen molar-refractivity contribution in [2.24, 2.45) is 0 Å². The zero-order valence-corrected chi connectivity index (χ0v) is 10.0. The predicted molar refractivity (Wildman–Crippen MR) is 63.1 cm³/mol. The number of ether oxygens (including phenoxy) is 2. The van der Waals surface area contributed by atoms with Gasteiger partial charge in [0.25, 0.3) is 0 Å². The molecule has 0 aliphatic rings. The second kappa shape index (κ2) is 6.16. The van der Waals surface area contributed by atoms with Gasteiger partial charge in [-0.25, -0.2) is 0 Å². The minimum Gasteiger partial charge on any atom is -0.496 e. The van der Waals surface area contributed by atoms with E-state index in [2.05, 4.69) is 0 Å². The third kappa shape index (κ3) is 3.26. The zero-order valence-electron chi connectivity index (χ0n) is 10.0. The van der Waals surface area contributed by atoms with Gasteiger partial charge in [-0.3, -0.25) is 0 Å². The van der Waals surface area contributed by atoms with Crippen molar-refractivity contribution in [1.82, 2.24) is 0 Å². The molecule has 0 radical (unpaired) electrons. The number of hydrogen-bond acceptors (Lipinski definition) is 3. The zero-order chi connectivity index (χ0) is 12.0. The van der Waals surface area contributed by atoms with Crippen LogP contribution < -0.4 is 9.47 Å². The minimum atomic E-state index is 0.113. The first-order valence-corrected chi connectivity index (χ1v) is 5.45. The molecule has 0 aromatic heterocycles. The van der Waals surface area contributed by atoms with Crippen molar-refractivity contribution in [3.63, 3.8) is 0 Å². The molecular formula is C13H18O3. The van der Waals surface area contributed by atoms with Gasteiger partial charge in [0.05, 0.1) is 13.2 Å². The Bertz CT molecular complexity index is 345. The van der Waals surface area contributed by atoms with Gasteiger partial charge in [-0.1, -0.05) is 6.07 Å². The Morgan fingerprint density at radius 3 is 2.56 bits per heavy atom. The summed E-state index contributed by atoms with van der Waals surface area (Å²) in [5.41, 5.74) is 0.964. The molecule has 1 rings (SSSR count). The van der Waals surface area contributed by atoms with E-state index in [9.17, 15) is 4.79 Å². The molecule has 0 amide bonds. The summed E-state index contributed by atoms with van der Waals surface area (Å²) in [5.74, 6) is 1.58. The van der Waals surface area contributed by atoms with E-state index in [0.717, 1.165) is 23.3 Å². The Morgan fingerprint density at radius 2 is 2.00 bits per heavy atom. The van der Waals surface area contributed by atoms with Crippen LogP contribution >= 0.6 is 0 Å². The molecular weight excluding hydrogens is 204 g/mol. The summed E-state index contributed by atoms with van der Waals surface area (Å²) in [7, 11) is 1.62. The Morgan fingerprint density at radius 1 is 1.31 bits per heavy atom. The molecule has 0 bridgehead atoms. The van der Waals surface area contributed by atoms with E-state index in [4.69, 9.17) is 9.47 Å². The third-order valence-electron chi connectivity index (χ3n) is 2.18. The molecule has 16 heavy (non-hydrogen) atoms. The van der Waals surface area contributed by atoms with E-state index < -0.39 is 0 Å². The van der Waals surface area contributed by atoms with E-state index in [1.54, 1.807) is 7.11 Å². The molecule has 0 heterocycles. The van der Waals surface area contributed by atoms with Crippen LogP contribution in [-0.4, -0.2) is 19.5 Å². The van der Waals surface area contributed by atoms with Gasteiger partial charge in [0, 0.05) is 12.0 Å². The van der Waals surface area contributed by atoms with Gasteiger partial charge in [-0.15, -0.1) is 0 Å². The van der Waals surface area contributed by atoms with Crippen molar-refractivity contribution in [3.8, 4) is 11.5 Å². The lowest BCUT2D eigenvalue weighted by atomic mass is 10.1. The smallest absolute Gasteiger partial charge is 0.126 e. The standard InChI is InChI=1S/C13H18O3/c1-10(2)16-13-8-4-7-12(15-3)11(13)6-5-9-14/h4,7-10H,5-6H2,1-3H3. The summed E-state index contributed by atoms with van der Waals surface area (Å²) >= 11 is 0. The number of rotatable bonds is 6. The number of carbonyl (C=O) groups excluding carboxylic acids is 1. The molecule has 3 nitrogen and oxygen atoms in total. The van der Waals surface area contributed by atoms with Crippen molar-refractivity contribution in [1.29, 1.82) is 0 Å². The normalized spacial score (nSPS) is 10.2. The van der Waals surface area contributed by atoms with Gasteiger partial charge in [0.2, 0.25) is 0 Å². The highest BCUT2D eigenvalue weighted by molar-refractivity contribution is 5.53. The van der Waals surface area contributed by atoms with Gasteiger partial charge in [0.15, 0.2) is 0 Å². The molecule has 0 atom stereocenters. The van der Waals surface area contributed by atoms with Gasteiger partial charge in [-0.05, 0) is 32.4 Å². The van der Waals surface area contributed by atoms with Crippen molar-refractivity contribution in [2.45, 2.75) is 32.8 Å². The largest absolute Gasteiger partial charge is 0.496 e. The van der Waals surface area contributed by atoms with E-state index in [1.165, 1.54) is 0 Å². The van der Waals surface area contributed by atoms with Crippen molar-refractivity contribution in [2.75, 3.05) is 7.11 Å². The second-order valence-corrected chi connectivity index (χ2v) is 3.81. The van der Waals surface area contributed by atoms with Crippen LogP contribution in [0.4, 0.5) is 0 Å². The topological polar surface area (TPSA) is 35.5 Å². The van der Waals surface area contributed by atoms with Crippen LogP contribution in [-0.2, 0) is 11.2 Å². The summed E-state index contributed by atoms with van der Waals surface area (Å²) in [4.78, 5) is 10.4. The van der Waals surface area contributed by atoms with E-state index in [0.29, 0.717) is 12.8 Å². The number of benzene rings is 1. The third-order valence-corrected chi connectivity index (χ3v) is 2.18. The fourth-order valence-electron chi connectivity index (χ4n) is 1.55. The predicted octanol–water partition coefficient (Wildman–Crippen LogP) is 2.61. The van der Waals surface area contributed by atoms with E-state index in [1.807, 2.05) is 32.0 Å². The number of hydrogen-bond donors (Lipinski definition) is 0. The average Bonchev–Trinajstić information content (AvgIpc) is 2.26. The maximum atomic E-state index is 10.4. The lowest BCUT2D eigenvalue weighted by molar-refractivity contribution is -0.107. The molecule has 1 aromatic carbocycles. The molecule has 1 aromatic rings. The molecule has 0 spiro atoms. The van der Waals surface area contributed by atoms with Crippen LogP contribution in [0.25, 0.3) is 0 Å². The first-order chi connectivity index (χ1) is 7.69. The molecule has 0 aliphatic carbocycles. The summed E-state index contributed by atoms with van der Waals surface area (Å²) in [6.07, 6.45) is 2.15. The Hall–Kier alpha value is -1.51. The maximum Gasteiger partial charge on any atom is 0.126 e. The second-order valence-electron chi connectivity index (χ2n) is 3.81. The van der Waals surface area contributed by atoms with Crippen LogP contribution in [0.15, 0.2) is 18.2 Å². The first kappa shape index (κ1) is 12.6. The van der Waals surface area contributed by atoms with Gasteiger partial charge in [0.1, 0.15) is 17.8 Å². The molecule has 0 aliphatic heterocycles. The van der Waals surface area contributed by atoms with Crippen LogP contribution in [0.2, 0.25) is 0 Å². The first-order valence-electron chi connectivity index (χ1n) is 5.45. The van der Waals surface area contributed by atoms with Crippen molar-refractivity contribution < 1.29 is 14.3 Å². The summed E-state index contributed by atoms with van der Waals surface area (Å²) in [6.45, 7) is 3.95. The fraction of sp³-hybridized carbons (Fsp3) is 0.462. The number of carbonyl (C=O) groups is 1. The molecule has 0 fully saturated rings. The van der Waals surface area contributed by atoms with Gasteiger partial charge >= 0.3 is 0 Å². The SMILES string of the molecule is COc1cccc(OC(C)C)c1CCC=O. The monoisotopic (exact) mass is 222 g/mol. The lowest BCUT2D eigenvalue weighted by Gasteiger charge is -2.16. The van der Waals surface area contributed by atoms with E-state index in [-0.39, 0.29) is 6.10 Å². The highest BCUT2D eigenvalue weighted by Gasteiger charge is 2.10. The van der Waals surface area contributed by atoms with Crippen molar-refractivity contribution >= 4 is 6.29 Å². The van der Waals surface area contributed by atoms with Crippen LogP contribution in [0.3, 0.4) is 0 Å². The quantitative estimate of drug-likeness (QED) is 0.694. The van der Waals surface area contributed by atoms with Crippen LogP contribution in [0.5, 0.6) is 11.5 Å². The molecule has 0 saturated heterocycles. The number of methoxy groups -OCH3 is 1. The van der Waals surface area contributed by atoms with Crippen LogP contribution in [0, 0.1) is 0 Å². The minimum absolute atomic E-state index is 0.113. The summed E-state index contributed by atoms with van der Waals surface area (Å²) < 4.78 is 11.0. The Kier molecular flexibility index (Phi) is 4.83. The Labute approximate surface area is 96.4 Å². The highest BCUT2D eigenvalue weighted by Crippen LogP contribution is 2.30. The molecule has 0 saturated carbocycles. The fourth-order valence-corrected chi connectivity index (χ4v) is 1.55. The average molecular weight is 222 g/mol. The van der Waals surface area contributed by atoms with Gasteiger partial charge in [-0.2, -0.15) is 0 Å². The van der Waals surface area contributed by atoms with Crippen molar-refractivity contribution in [3.05, 3.63) is 23.8 Å². The number of aldehydes is 1. The highest BCUT2D eigenvalue weighted by atomic mass is 16.5. The van der Waals surface area contributed by atoms with E-state index >= 15 is 0 Å². The molecule has 88 valence electrons. The Balaban J connectivity index is 2.99. The summed E-state index contributed by atoms with van der Waals surface area (Å²) in [5, 5.41) is 0. The molecule has 3 heteroatoms. The maximum absolute atomic E-state index is 10.4. The summed E-state index contributed by atoms with van der Waals surface area (Å²) in [6, 6.07) is 5.68.